The molecule has 0 aromatic carbocycles. The first-order chi connectivity index (χ1) is 23.8. The lowest BCUT2D eigenvalue weighted by molar-refractivity contribution is -0.161. The molecule has 0 aliphatic rings. The van der Waals surface area contributed by atoms with E-state index < -0.39 is 26.5 Å². The average Bonchev–Trinajstić information content (AvgIpc) is 3.08. The van der Waals surface area contributed by atoms with E-state index in [2.05, 4.69) is 38.2 Å². The van der Waals surface area contributed by atoms with Crippen molar-refractivity contribution in [2.24, 2.45) is 5.73 Å². The van der Waals surface area contributed by atoms with Gasteiger partial charge in [-0.3, -0.25) is 18.6 Å². The molecule has 49 heavy (non-hydrogen) atoms. The quantitative estimate of drug-likeness (QED) is 0.0279. The third-order valence-corrected chi connectivity index (χ3v) is 9.29. The molecule has 0 aromatic rings. The van der Waals surface area contributed by atoms with Crippen LogP contribution in [0.3, 0.4) is 0 Å². The maximum Gasteiger partial charge on any atom is 0.472 e. The number of ether oxygens (including phenoxy) is 2. The van der Waals surface area contributed by atoms with Gasteiger partial charge in [0.05, 0.1) is 13.2 Å². The van der Waals surface area contributed by atoms with Crippen LogP contribution in [0.15, 0.2) is 24.3 Å². The summed E-state index contributed by atoms with van der Waals surface area (Å²) in [5.74, 6) is -0.844. The smallest absolute Gasteiger partial charge is 0.462 e. The SMILES string of the molecule is CCCC/C=C/CCCCCCCC(=O)O[C@@H](COC(=O)CCCCCCCCC/C=C/CCCCCCCC)COP(=O)(O)OCCN. The highest BCUT2D eigenvalue weighted by Crippen LogP contribution is 2.43. The highest BCUT2D eigenvalue weighted by molar-refractivity contribution is 7.47. The molecule has 0 heterocycles. The Balaban J connectivity index is 4.17. The molecule has 2 atom stereocenters. The zero-order valence-corrected chi connectivity index (χ0v) is 32.3. The van der Waals surface area contributed by atoms with Crippen molar-refractivity contribution in [2.75, 3.05) is 26.4 Å². The number of hydrogen-bond acceptors (Lipinski definition) is 8. The van der Waals surface area contributed by atoms with Crippen LogP contribution in [0.25, 0.3) is 0 Å². The predicted molar refractivity (Wildman–Crippen MR) is 201 cm³/mol. The molecule has 0 rings (SSSR count). The second kappa shape index (κ2) is 36.3. The van der Waals surface area contributed by atoms with E-state index in [1.165, 1.54) is 77.0 Å². The van der Waals surface area contributed by atoms with Gasteiger partial charge in [-0.2, -0.15) is 0 Å². The predicted octanol–water partition coefficient (Wildman–Crippen LogP) is 10.8. The largest absolute Gasteiger partial charge is 0.472 e. The standard InChI is InChI=1S/C39H74NO8P/c1-3-5-7-9-11-13-15-16-17-18-19-20-22-23-25-27-29-31-38(41)45-35-37(36-47-49(43,44)46-34-33-40)48-39(42)32-30-28-26-24-21-14-12-10-8-6-4-2/h10,12,16-17,37H,3-9,11,13-15,18-36,40H2,1-2H3,(H,43,44)/b12-10+,17-16+/t37-/m0/s1. The lowest BCUT2D eigenvalue weighted by Crippen LogP contribution is -2.29. The summed E-state index contributed by atoms with van der Waals surface area (Å²) in [6, 6.07) is 0. The minimum atomic E-state index is -4.37. The fourth-order valence-electron chi connectivity index (χ4n) is 5.31. The molecular weight excluding hydrogens is 641 g/mol. The van der Waals surface area contributed by atoms with Gasteiger partial charge in [0.2, 0.25) is 0 Å². The van der Waals surface area contributed by atoms with Crippen molar-refractivity contribution in [1.82, 2.24) is 0 Å². The molecule has 0 saturated carbocycles. The van der Waals surface area contributed by atoms with Crippen LogP contribution in [0.4, 0.5) is 0 Å². The van der Waals surface area contributed by atoms with Crippen molar-refractivity contribution < 1.29 is 37.6 Å². The zero-order valence-electron chi connectivity index (χ0n) is 31.4. The summed E-state index contributed by atoms with van der Waals surface area (Å²) in [7, 11) is -4.37. The molecule has 0 amide bonds. The van der Waals surface area contributed by atoms with E-state index in [9.17, 15) is 19.0 Å². The lowest BCUT2D eigenvalue weighted by Gasteiger charge is -2.19. The van der Waals surface area contributed by atoms with Crippen LogP contribution >= 0.6 is 7.82 Å². The number of hydrogen-bond donors (Lipinski definition) is 2. The van der Waals surface area contributed by atoms with E-state index in [4.69, 9.17) is 24.3 Å². The molecule has 0 aromatic heterocycles. The topological polar surface area (TPSA) is 134 Å². The highest BCUT2D eigenvalue weighted by atomic mass is 31.2. The normalized spacial score (nSPS) is 13.6. The Kier molecular flexibility index (Phi) is 35.2. The Morgan fingerprint density at radius 2 is 1.02 bits per heavy atom. The molecule has 1 unspecified atom stereocenters. The Bertz CT molecular complexity index is 866. The Hall–Kier alpha value is -1.51. The van der Waals surface area contributed by atoms with Crippen molar-refractivity contribution in [1.29, 1.82) is 0 Å². The summed E-state index contributed by atoms with van der Waals surface area (Å²) < 4.78 is 32.6. The summed E-state index contributed by atoms with van der Waals surface area (Å²) in [6.45, 7) is 3.67. The molecule has 10 heteroatoms. The summed E-state index contributed by atoms with van der Waals surface area (Å²) >= 11 is 0. The van der Waals surface area contributed by atoms with Crippen LogP contribution in [-0.2, 0) is 32.7 Å². The van der Waals surface area contributed by atoms with Crippen molar-refractivity contribution in [3.8, 4) is 0 Å². The van der Waals surface area contributed by atoms with Gasteiger partial charge >= 0.3 is 19.8 Å². The number of unbranched alkanes of at least 4 members (excludes halogenated alkanes) is 20. The first-order valence-electron chi connectivity index (χ1n) is 19.8. The van der Waals surface area contributed by atoms with Gasteiger partial charge in [-0.25, -0.2) is 4.57 Å². The molecule has 0 aliphatic carbocycles. The minimum absolute atomic E-state index is 0.0522. The molecule has 0 bridgehead atoms. The summed E-state index contributed by atoms with van der Waals surface area (Å²) in [5, 5.41) is 0. The van der Waals surface area contributed by atoms with E-state index >= 15 is 0 Å². The number of allylic oxidation sites excluding steroid dienone is 4. The van der Waals surface area contributed by atoms with Gasteiger partial charge < -0.3 is 20.1 Å². The first kappa shape index (κ1) is 47.5. The van der Waals surface area contributed by atoms with E-state index in [1.54, 1.807) is 0 Å². The first-order valence-corrected chi connectivity index (χ1v) is 21.3. The van der Waals surface area contributed by atoms with Gasteiger partial charge in [0.15, 0.2) is 6.10 Å². The zero-order chi connectivity index (χ0) is 36.1. The molecule has 3 N–H and O–H groups in total. The second-order valence-electron chi connectivity index (χ2n) is 13.1. The van der Waals surface area contributed by atoms with Gasteiger partial charge in [0, 0.05) is 19.4 Å². The maximum atomic E-state index is 12.5. The Morgan fingerprint density at radius 1 is 0.592 bits per heavy atom. The van der Waals surface area contributed by atoms with Crippen molar-refractivity contribution in [2.45, 2.75) is 187 Å². The minimum Gasteiger partial charge on any atom is -0.462 e. The number of carbonyl (C=O) groups excluding carboxylic acids is 2. The van der Waals surface area contributed by atoms with Gasteiger partial charge in [-0.05, 0) is 57.8 Å². The molecule has 0 aliphatic heterocycles. The van der Waals surface area contributed by atoms with E-state index in [-0.39, 0.29) is 38.6 Å². The molecule has 0 spiro atoms. The third kappa shape index (κ3) is 36.1. The van der Waals surface area contributed by atoms with Crippen LogP contribution in [0.2, 0.25) is 0 Å². The third-order valence-electron chi connectivity index (χ3n) is 8.31. The van der Waals surface area contributed by atoms with Crippen LogP contribution in [0.5, 0.6) is 0 Å². The van der Waals surface area contributed by atoms with Gasteiger partial charge in [-0.15, -0.1) is 0 Å². The fourth-order valence-corrected chi connectivity index (χ4v) is 6.08. The number of phosphoric ester groups is 1. The maximum absolute atomic E-state index is 12.5. The fraction of sp³-hybridized carbons (Fsp3) is 0.846. The molecule has 288 valence electrons. The van der Waals surface area contributed by atoms with Crippen molar-refractivity contribution in [3.63, 3.8) is 0 Å². The van der Waals surface area contributed by atoms with Crippen LogP contribution < -0.4 is 5.73 Å². The summed E-state index contributed by atoms with van der Waals surface area (Å²) in [5.41, 5.74) is 5.33. The highest BCUT2D eigenvalue weighted by Gasteiger charge is 2.25. The Labute approximate surface area is 300 Å². The van der Waals surface area contributed by atoms with Crippen molar-refractivity contribution in [3.05, 3.63) is 24.3 Å². The van der Waals surface area contributed by atoms with E-state index in [0.717, 1.165) is 70.6 Å². The van der Waals surface area contributed by atoms with Crippen LogP contribution in [0.1, 0.15) is 181 Å². The van der Waals surface area contributed by atoms with E-state index in [0.29, 0.717) is 6.42 Å². The summed E-state index contributed by atoms with van der Waals surface area (Å²) in [4.78, 5) is 34.7. The van der Waals surface area contributed by atoms with Crippen LogP contribution in [-0.4, -0.2) is 49.3 Å². The number of esters is 2. The lowest BCUT2D eigenvalue weighted by atomic mass is 10.1. The average molecular weight is 716 g/mol. The molecule has 0 saturated heterocycles. The molecular formula is C39H74NO8P. The number of nitrogens with two attached hydrogens (primary N) is 1. The van der Waals surface area contributed by atoms with Crippen molar-refractivity contribution >= 4 is 19.8 Å². The molecule has 9 nitrogen and oxygen atoms in total. The number of carbonyl (C=O) groups is 2. The number of phosphoric acid groups is 1. The second-order valence-corrected chi connectivity index (χ2v) is 14.6. The van der Waals surface area contributed by atoms with E-state index in [1.807, 2.05) is 0 Å². The Morgan fingerprint density at radius 3 is 1.51 bits per heavy atom. The van der Waals surface area contributed by atoms with Gasteiger partial charge in [-0.1, -0.05) is 134 Å². The van der Waals surface area contributed by atoms with Gasteiger partial charge in [0.25, 0.3) is 0 Å². The molecule has 0 radical (unpaired) electrons. The van der Waals surface area contributed by atoms with Gasteiger partial charge in [0.1, 0.15) is 6.61 Å². The number of rotatable bonds is 37. The van der Waals surface area contributed by atoms with Crippen LogP contribution in [0, 0.1) is 0 Å². The molecule has 0 fully saturated rings. The summed E-state index contributed by atoms with van der Waals surface area (Å²) in [6.07, 6.45) is 36.4. The monoisotopic (exact) mass is 716 g/mol.